The zero-order valence-corrected chi connectivity index (χ0v) is 13.4. The smallest absolute Gasteiger partial charge is 0.243 e. The van der Waals surface area contributed by atoms with Crippen molar-refractivity contribution in [1.29, 1.82) is 0 Å². The fourth-order valence-electron chi connectivity index (χ4n) is 2.01. The maximum atomic E-state index is 12.5. The largest absolute Gasteiger partial charge is 0.320 e. The predicted molar refractivity (Wildman–Crippen MR) is 87.8 cm³/mol. The van der Waals surface area contributed by atoms with E-state index >= 15 is 0 Å². The standard InChI is InChI=1S/C16H24N2O2S/c1-4-13-18(14-5-2)21(19,20)16-10-8-15(9-11-16)7-6-12-17-3/h4-5,8-11,17H,1-2,6-7,12-14H2,3H3. The van der Waals surface area contributed by atoms with Crippen molar-refractivity contribution in [3.63, 3.8) is 0 Å². The lowest BCUT2D eigenvalue weighted by molar-refractivity contribution is 0.474. The maximum absolute atomic E-state index is 12.5. The maximum Gasteiger partial charge on any atom is 0.243 e. The van der Waals surface area contributed by atoms with Crippen molar-refractivity contribution in [1.82, 2.24) is 9.62 Å². The molecule has 0 heterocycles. The van der Waals surface area contributed by atoms with E-state index in [4.69, 9.17) is 0 Å². The zero-order chi connectivity index (χ0) is 15.7. The molecule has 4 nitrogen and oxygen atoms in total. The van der Waals surface area contributed by atoms with Crippen LogP contribution in [0.3, 0.4) is 0 Å². The van der Waals surface area contributed by atoms with Crippen LogP contribution in [-0.4, -0.2) is 39.4 Å². The van der Waals surface area contributed by atoms with E-state index in [0.29, 0.717) is 4.90 Å². The van der Waals surface area contributed by atoms with Crippen LogP contribution in [0.25, 0.3) is 0 Å². The second kappa shape index (κ2) is 8.77. The van der Waals surface area contributed by atoms with Gasteiger partial charge in [-0.3, -0.25) is 0 Å². The molecule has 1 aromatic rings. The molecule has 0 unspecified atom stereocenters. The highest BCUT2D eigenvalue weighted by molar-refractivity contribution is 7.89. The van der Waals surface area contributed by atoms with E-state index in [-0.39, 0.29) is 13.1 Å². The molecule has 0 aliphatic carbocycles. The molecule has 21 heavy (non-hydrogen) atoms. The van der Waals surface area contributed by atoms with E-state index in [9.17, 15) is 8.42 Å². The van der Waals surface area contributed by atoms with E-state index in [0.717, 1.165) is 24.9 Å². The highest BCUT2D eigenvalue weighted by atomic mass is 32.2. The van der Waals surface area contributed by atoms with Crippen LogP contribution in [0.5, 0.6) is 0 Å². The second-order valence-corrected chi connectivity index (χ2v) is 6.69. The van der Waals surface area contributed by atoms with Crippen molar-refractivity contribution in [3.8, 4) is 0 Å². The zero-order valence-electron chi connectivity index (χ0n) is 12.6. The first-order valence-corrected chi connectivity index (χ1v) is 8.45. The van der Waals surface area contributed by atoms with Crippen molar-refractivity contribution in [2.24, 2.45) is 0 Å². The summed E-state index contributed by atoms with van der Waals surface area (Å²) in [6.07, 6.45) is 5.12. The summed E-state index contributed by atoms with van der Waals surface area (Å²) in [7, 11) is -1.57. The molecule has 1 N–H and O–H groups in total. The van der Waals surface area contributed by atoms with Gasteiger partial charge in [0.2, 0.25) is 10.0 Å². The molecule has 0 saturated carbocycles. The van der Waals surface area contributed by atoms with Gasteiger partial charge in [-0.25, -0.2) is 8.42 Å². The Bertz CT molecular complexity index is 540. The van der Waals surface area contributed by atoms with Crippen molar-refractivity contribution in [2.45, 2.75) is 17.7 Å². The van der Waals surface area contributed by atoms with Gasteiger partial charge in [-0.15, -0.1) is 13.2 Å². The predicted octanol–water partition coefficient (Wildman–Crippen LogP) is 2.20. The number of rotatable bonds is 10. The van der Waals surface area contributed by atoms with Crippen molar-refractivity contribution in [2.75, 3.05) is 26.7 Å². The molecule has 0 bridgehead atoms. The highest BCUT2D eigenvalue weighted by Crippen LogP contribution is 2.17. The first-order chi connectivity index (χ1) is 10.1. The van der Waals surface area contributed by atoms with Crippen LogP contribution in [-0.2, 0) is 16.4 Å². The summed E-state index contributed by atoms with van der Waals surface area (Å²) in [6, 6.07) is 7.09. The molecular formula is C16H24N2O2S. The van der Waals surface area contributed by atoms with Gasteiger partial charge >= 0.3 is 0 Å². The van der Waals surface area contributed by atoms with E-state index < -0.39 is 10.0 Å². The van der Waals surface area contributed by atoms with Crippen LogP contribution in [0, 0.1) is 0 Å². The summed E-state index contributed by atoms with van der Waals surface area (Å²) in [5.74, 6) is 0. The Kier molecular flexibility index (Phi) is 7.36. The lowest BCUT2D eigenvalue weighted by atomic mass is 10.1. The molecule has 5 heteroatoms. The van der Waals surface area contributed by atoms with Crippen LogP contribution in [0.2, 0.25) is 0 Å². The third-order valence-electron chi connectivity index (χ3n) is 3.12. The first kappa shape index (κ1) is 17.6. The minimum absolute atomic E-state index is 0.276. The summed E-state index contributed by atoms with van der Waals surface area (Å²) < 4.78 is 26.4. The fourth-order valence-corrected chi connectivity index (χ4v) is 3.39. The topological polar surface area (TPSA) is 49.4 Å². The van der Waals surface area contributed by atoms with Gasteiger partial charge in [0.15, 0.2) is 0 Å². The molecule has 1 aromatic carbocycles. The minimum atomic E-state index is -3.49. The highest BCUT2D eigenvalue weighted by Gasteiger charge is 2.21. The molecule has 116 valence electrons. The van der Waals surface area contributed by atoms with Crippen LogP contribution in [0.15, 0.2) is 54.5 Å². The lowest BCUT2D eigenvalue weighted by Gasteiger charge is -2.19. The molecular weight excluding hydrogens is 284 g/mol. The average Bonchev–Trinajstić information content (AvgIpc) is 2.48. The SMILES string of the molecule is C=CCN(CC=C)S(=O)(=O)c1ccc(CCCNC)cc1. The van der Waals surface area contributed by atoms with E-state index in [1.54, 1.807) is 24.3 Å². The van der Waals surface area contributed by atoms with Crippen LogP contribution < -0.4 is 5.32 Å². The second-order valence-electron chi connectivity index (χ2n) is 4.75. The Morgan fingerprint density at radius 2 is 1.71 bits per heavy atom. The number of aryl methyl sites for hydroxylation is 1. The molecule has 0 fully saturated rings. The number of nitrogens with one attached hydrogen (secondary N) is 1. The molecule has 0 radical (unpaired) electrons. The van der Waals surface area contributed by atoms with Gasteiger partial charge in [-0.05, 0) is 44.1 Å². The van der Waals surface area contributed by atoms with Gasteiger partial charge in [-0.2, -0.15) is 4.31 Å². The summed E-state index contributed by atoms with van der Waals surface area (Å²) in [5.41, 5.74) is 1.14. The molecule has 0 aliphatic rings. The Balaban J connectivity index is 2.87. The quantitative estimate of drug-likeness (QED) is 0.532. The lowest BCUT2D eigenvalue weighted by Crippen LogP contribution is -2.31. The minimum Gasteiger partial charge on any atom is -0.320 e. The Morgan fingerprint density at radius 3 is 2.19 bits per heavy atom. The monoisotopic (exact) mass is 308 g/mol. The molecule has 0 spiro atoms. The summed E-state index contributed by atoms with van der Waals surface area (Å²) in [4.78, 5) is 0.309. The van der Waals surface area contributed by atoms with Crippen LogP contribution >= 0.6 is 0 Å². The third kappa shape index (κ3) is 5.12. The van der Waals surface area contributed by atoms with E-state index in [2.05, 4.69) is 18.5 Å². The number of nitrogens with zero attached hydrogens (tertiary/aromatic N) is 1. The van der Waals surface area contributed by atoms with Crippen molar-refractivity contribution >= 4 is 10.0 Å². The van der Waals surface area contributed by atoms with E-state index in [1.165, 1.54) is 4.31 Å². The Morgan fingerprint density at radius 1 is 1.14 bits per heavy atom. The van der Waals surface area contributed by atoms with Gasteiger partial charge in [0.1, 0.15) is 0 Å². The number of sulfonamides is 1. The van der Waals surface area contributed by atoms with Gasteiger partial charge in [-0.1, -0.05) is 24.3 Å². The Labute approximate surface area is 128 Å². The van der Waals surface area contributed by atoms with Crippen LogP contribution in [0.1, 0.15) is 12.0 Å². The number of hydrogen-bond donors (Lipinski definition) is 1. The van der Waals surface area contributed by atoms with Gasteiger partial charge in [0.25, 0.3) is 0 Å². The van der Waals surface area contributed by atoms with Crippen molar-refractivity contribution < 1.29 is 8.42 Å². The number of hydrogen-bond acceptors (Lipinski definition) is 3. The van der Waals surface area contributed by atoms with Gasteiger partial charge < -0.3 is 5.32 Å². The van der Waals surface area contributed by atoms with Crippen molar-refractivity contribution in [3.05, 3.63) is 55.1 Å². The molecule has 0 aliphatic heterocycles. The number of benzene rings is 1. The van der Waals surface area contributed by atoms with Gasteiger partial charge in [0.05, 0.1) is 4.90 Å². The average molecular weight is 308 g/mol. The molecule has 0 saturated heterocycles. The summed E-state index contributed by atoms with van der Waals surface area (Å²) in [6.45, 7) is 8.70. The Hall–Kier alpha value is -1.43. The fraction of sp³-hybridized carbons (Fsp3) is 0.375. The third-order valence-corrected chi connectivity index (χ3v) is 4.96. The van der Waals surface area contributed by atoms with E-state index in [1.807, 2.05) is 19.2 Å². The molecule has 0 aromatic heterocycles. The summed E-state index contributed by atoms with van der Waals surface area (Å²) >= 11 is 0. The molecule has 1 rings (SSSR count). The summed E-state index contributed by atoms with van der Waals surface area (Å²) in [5, 5.41) is 3.10. The molecule has 0 amide bonds. The molecule has 0 atom stereocenters. The first-order valence-electron chi connectivity index (χ1n) is 7.01. The normalized spacial score (nSPS) is 11.5. The van der Waals surface area contributed by atoms with Crippen LogP contribution in [0.4, 0.5) is 0 Å². The van der Waals surface area contributed by atoms with Gasteiger partial charge in [0, 0.05) is 13.1 Å².